The first-order chi connectivity index (χ1) is 11.8. The molecule has 0 unspecified atom stereocenters. The molecule has 2 fully saturated rings. The van der Waals surface area contributed by atoms with E-state index in [9.17, 15) is 4.79 Å². The maximum atomic E-state index is 12.7. The van der Waals surface area contributed by atoms with Crippen molar-refractivity contribution in [3.63, 3.8) is 0 Å². The lowest BCUT2D eigenvalue weighted by Gasteiger charge is -2.33. The molecule has 0 aliphatic carbocycles. The van der Waals surface area contributed by atoms with E-state index in [1.54, 1.807) is 13.2 Å². The predicted octanol–water partition coefficient (Wildman–Crippen LogP) is 1.94. The topological polar surface area (TPSA) is 57.2 Å². The Morgan fingerprint density at radius 1 is 1.21 bits per heavy atom. The van der Waals surface area contributed by atoms with Crippen LogP contribution in [0, 0.1) is 5.92 Å². The van der Waals surface area contributed by atoms with Gasteiger partial charge in [0.1, 0.15) is 12.4 Å². The van der Waals surface area contributed by atoms with E-state index < -0.39 is 0 Å². The number of nitrogens with zero attached hydrogens (tertiary/aromatic N) is 1. The van der Waals surface area contributed by atoms with Gasteiger partial charge in [-0.05, 0) is 31.0 Å². The standard InChI is InChI=1S/C18H25NO5/c1-21-9-10-22-16-4-2-3-15(13-16)17(20)19-7-5-14(6-8-19)18-23-11-12-24-18/h2-4,13-14,18H,5-12H2,1H3. The van der Waals surface area contributed by atoms with Crippen molar-refractivity contribution < 1.29 is 23.7 Å². The minimum atomic E-state index is -0.0836. The molecule has 0 N–H and O–H groups in total. The summed E-state index contributed by atoms with van der Waals surface area (Å²) in [6.45, 7) is 3.83. The number of amides is 1. The van der Waals surface area contributed by atoms with Crippen LogP contribution < -0.4 is 4.74 Å². The molecule has 0 aromatic heterocycles. The molecule has 1 aromatic rings. The fourth-order valence-corrected chi connectivity index (χ4v) is 3.17. The highest BCUT2D eigenvalue weighted by atomic mass is 16.7. The molecule has 132 valence electrons. The van der Waals surface area contributed by atoms with E-state index in [-0.39, 0.29) is 12.2 Å². The number of carbonyl (C=O) groups is 1. The number of methoxy groups -OCH3 is 1. The zero-order chi connectivity index (χ0) is 16.8. The third-order valence-corrected chi connectivity index (χ3v) is 4.50. The normalized spacial score (nSPS) is 19.6. The van der Waals surface area contributed by atoms with Gasteiger partial charge in [-0.1, -0.05) is 6.07 Å². The lowest BCUT2D eigenvalue weighted by Crippen LogP contribution is -2.41. The summed E-state index contributed by atoms with van der Waals surface area (Å²) in [5, 5.41) is 0. The zero-order valence-electron chi connectivity index (χ0n) is 14.1. The van der Waals surface area contributed by atoms with Gasteiger partial charge >= 0.3 is 0 Å². The van der Waals surface area contributed by atoms with Crippen LogP contribution in [0.5, 0.6) is 5.75 Å². The molecule has 6 heteroatoms. The molecule has 2 aliphatic heterocycles. The van der Waals surface area contributed by atoms with Gasteiger partial charge in [0.15, 0.2) is 6.29 Å². The summed E-state index contributed by atoms with van der Waals surface area (Å²) in [6, 6.07) is 7.34. The van der Waals surface area contributed by atoms with Gasteiger partial charge in [-0.25, -0.2) is 0 Å². The Bertz CT molecular complexity index is 536. The molecular weight excluding hydrogens is 310 g/mol. The van der Waals surface area contributed by atoms with Crippen LogP contribution >= 0.6 is 0 Å². The number of carbonyl (C=O) groups excluding carboxylic acids is 1. The largest absolute Gasteiger partial charge is 0.491 e. The van der Waals surface area contributed by atoms with Crippen molar-refractivity contribution in [2.24, 2.45) is 5.92 Å². The van der Waals surface area contributed by atoms with Crippen LogP contribution in [0.15, 0.2) is 24.3 Å². The second-order valence-corrected chi connectivity index (χ2v) is 6.11. The second kappa shape index (κ2) is 8.46. The van der Waals surface area contributed by atoms with E-state index >= 15 is 0 Å². The van der Waals surface area contributed by atoms with E-state index in [1.807, 2.05) is 23.1 Å². The van der Waals surface area contributed by atoms with Crippen LogP contribution in [0.4, 0.5) is 0 Å². The number of hydrogen-bond acceptors (Lipinski definition) is 5. The highest BCUT2D eigenvalue weighted by Crippen LogP contribution is 2.27. The Kier molecular flexibility index (Phi) is 6.07. The SMILES string of the molecule is COCCOc1cccc(C(=O)N2CCC(C3OCCO3)CC2)c1. The first kappa shape index (κ1) is 17.2. The molecule has 0 bridgehead atoms. The number of benzene rings is 1. The minimum Gasteiger partial charge on any atom is -0.491 e. The molecule has 2 saturated heterocycles. The summed E-state index contributed by atoms with van der Waals surface area (Å²) in [5.74, 6) is 1.14. The van der Waals surface area contributed by atoms with Crippen LogP contribution in [-0.4, -0.2) is 63.7 Å². The number of likely N-dealkylation sites (tertiary alicyclic amines) is 1. The van der Waals surface area contributed by atoms with Gasteiger partial charge in [-0.3, -0.25) is 4.79 Å². The maximum Gasteiger partial charge on any atom is 0.253 e. The Balaban J connectivity index is 1.54. The van der Waals surface area contributed by atoms with Crippen molar-refractivity contribution in [1.29, 1.82) is 0 Å². The molecule has 0 spiro atoms. The van der Waals surface area contributed by atoms with Crippen LogP contribution in [0.3, 0.4) is 0 Å². The molecular formula is C18H25NO5. The summed E-state index contributed by atoms with van der Waals surface area (Å²) in [7, 11) is 1.63. The van der Waals surface area contributed by atoms with Crippen LogP contribution in [-0.2, 0) is 14.2 Å². The zero-order valence-corrected chi connectivity index (χ0v) is 14.1. The van der Waals surface area contributed by atoms with Crippen molar-refractivity contribution >= 4 is 5.91 Å². The first-order valence-electron chi connectivity index (χ1n) is 8.52. The predicted molar refractivity (Wildman–Crippen MR) is 88.1 cm³/mol. The van der Waals surface area contributed by atoms with Gasteiger partial charge in [0.05, 0.1) is 19.8 Å². The maximum absolute atomic E-state index is 12.7. The van der Waals surface area contributed by atoms with Gasteiger partial charge in [0.25, 0.3) is 5.91 Å². The molecule has 1 aromatic carbocycles. The van der Waals surface area contributed by atoms with Crippen molar-refractivity contribution in [2.75, 3.05) is 46.6 Å². The summed E-state index contributed by atoms with van der Waals surface area (Å²) in [6.07, 6.45) is 1.75. The van der Waals surface area contributed by atoms with Crippen LogP contribution in [0.1, 0.15) is 23.2 Å². The Morgan fingerprint density at radius 3 is 2.67 bits per heavy atom. The first-order valence-corrected chi connectivity index (χ1v) is 8.52. The van der Waals surface area contributed by atoms with Gasteiger partial charge in [-0.15, -0.1) is 0 Å². The number of ether oxygens (including phenoxy) is 4. The molecule has 24 heavy (non-hydrogen) atoms. The van der Waals surface area contributed by atoms with Gasteiger partial charge in [0, 0.05) is 31.7 Å². The fraction of sp³-hybridized carbons (Fsp3) is 0.611. The molecule has 3 rings (SSSR count). The molecule has 2 aliphatic rings. The quantitative estimate of drug-likeness (QED) is 0.744. The number of piperidine rings is 1. The molecule has 0 radical (unpaired) electrons. The molecule has 0 atom stereocenters. The Morgan fingerprint density at radius 2 is 1.96 bits per heavy atom. The van der Waals surface area contributed by atoms with Gasteiger partial charge in [0.2, 0.25) is 0 Å². The third kappa shape index (κ3) is 4.26. The van der Waals surface area contributed by atoms with Crippen molar-refractivity contribution in [3.8, 4) is 5.75 Å². The average molecular weight is 335 g/mol. The van der Waals surface area contributed by atoms with Gasteiger partial charge in [-0.2, -0.15) is 0 Å². The summed E-state index contributed by atoms with van der Waals surface area (Å²) < 4.78 is 21.7. The summed E-state index contributed by atoms with van der Waals surface area (Å²) in [5.41, 5.74) is 0.664. The highest BCUT2D eigenvalue weighted by molar-refractivity contribution is 5.94. The van der Waals surface area contributed by atoms with E-state index in [0.717, 1.165) is 25.9 Å². The van der Waals surface area contributed by atoms with Crippen molar-refractivity contribution in [3.05, 3.63) is 29.8 Å². The van der Waals surface area contributed by atoms with E-state index in [4.69, 9.17) is 18.9 Å². The monoisotopic (exact) mass is 335 g/mol. The Labute approximate surface area is 142 Å². The second-order valence-electron chi connectivity index (χ2n) is 6.11. The highest BCUT2D eigenvalue weighted by Gasteiger charge is 2.32. The van der Waals surface area contributed by atoms with Crippen LogP contribution in [0.25, 0.3) is 0 Å². The Hall–Kier alpha value is -1.63. The lowest BCUT2D eigenvalue weighted by atomic mass is 9.95. The van der Waals surface area contributed by atoms with E-state index in [0.29, 0.717) is 43.7 Å². The third-order valence-electron chi connectivity index (χ3n) is 4.50. The minimum absolute atomic E-state index is 0.0545. The number of hydrogen-bond donors (Lipinski definition) is 0. The van der Waals surface area contributed by atoms with E-state index in [2.05, 4.69) is 0 Å². The number of rotatable bonds is 6. The van der Waals surface area contributed by atoms with E-state index in [1.165, 1.54) is 0 Å². The lowest BCUT2D eigenvalue weighted by molar-refractivity contribution is -0.0956. The smallest absolute Gasteiger partial charge is 0.253 e. The summed E-state index contributed by atoms with van der Waals surface area (Å²) >= 11 is 0. The van der Waals surface area contributed by atoms with Gasteiger partial charge < -0.3 is 23.8 Å². The average Bonchev–Trinajstić information content (AvgIpc) is 3.16. The molecule has 1 amide bonds. The van der Waals surface area contributed by atoms with Crippen molar-refractivity contribution in [1.82, 2.24) is 4.90 Å². The molecule has 0 saturated carbocycles. The van der Waals surface area contributed by atoms with Crippen LogP contribution in [0.2, 0.25) is 0 Å². The summed E-state index contributed by atoms with van der Waals surface area (Å²) in [4.78, 5) is 14.6. The van der Waals surface area contributed by atoms with Crippen molar-refractivity contribution in [2.45, 2.75) is 19.1 Å². The molecule has 2 heterocycles. The fourth-order valence-electron chi connectivity index (χ4n) is 3.17. The molecule has 6 nitrogen and oxygen atoms in total.